The first-order chi connectivity index (χ1) is 40.2. The lowest BCUT2D eigenvalue weighted by atomic mass is 9.90. The number of carbonyl (C=O) groups is 6. The van der Waals surface area contributed by atoms with Crippen LogP contribution >= 0.6 is 15.6 Å². The summed E-state index contributed by atoms with van der Waals surface area (Å²) < 4.78 is 31.5. The Bertz CT molecular complexity index is 3460. The number of nitrogens with one attached hydrogen (secondary N) is 3. The summed E-state index contributed by atoms with van der Waals surface area (Å²) in [5.41, 5.74) is 6.33. The molecule has 0 aliphatic rings. The number of hydrogen-bond acceptors (Lipinski definition) is 11. The molecular weight excluding hydrogens is 1120 g/mol. The van der Waals surface area contributed by atoms with Gasteiger partial charge in [0.15, 0.2) is 34.5 Å². The number of hydrogen-bond donors (Lipinski definition) is 7. The Labute approximate surface area is 495 Å². The van der Waals surface area contributed by atoms with Gasteiger partial charge in [-0.25, -0.2) is 18.8 Å². The van der Waals surface area contributed by atoms with Gasteiger partial charge >= 0.3 is 15.6 Å². The number of amides is 2. The fraction of sp³-hybridized carbons (Fsp3) is 0.312. The largest absolute Gasteiger partial charge is 0.524 e. The molecule has 0 aliphatic carbocycles. The molecule has 7 N–H and O–H groups in total. The van der Waals surface area contributed by atoms with Gasteiger partial charge in [-0.3, -0.25) is 48.3 Å². The molecule has 0 aromatic heterocycles. The number of benzene rings is 6. The van der Waals surface area contributed by atoms with Crippen molar-refractivity contribution in [1.29, 1.82) is 0 Å². The molecule has 0 heterocycles. The second-order valence-corrected chi connectivity index (χ2v) is 23.8. The third-order valence-electron chi connectivity index (χ3n) is 13.4. The first-order valence-electron chi connectivity index (χ1n) is 27.4. The zero-order valence-electron chi connectivity index (χ0n) is 48.1. The highest BCUT2D eigenvalue weighted by Crippen LogP contribution is 2.39. The summed E-state index contributed by atoms with van der Waals surface area (Å²) in [5, 5.41) is 8.87. The van der Waals surface area contributed by atoms with Gasteiger partial charge in [-0.15, -0.1) is 0 Å². The lowest BCUT2D eigenvalue weighted by Gasteiger charge is -2.23. The summed E-state index contributed by atoms with van der Waals surface area (Å²) in [6.45, 7) is 24.0. The van der Waals surface area contributed by atoms with Crippen LogP contribution < -0.4 is 25.0 Å². The summed E-state index contributed by atoms with van der Waals surface area (Å²) in [6, 6.07) is 37.7. The number of carbonyl (C=O) groups excluding carboxylic acids is 6. The van der Waals surface area contributed by atoms with Crippen LogP contribution in [0.3, 0.4) is 0 Å². The van der Waals surface area contributed by atoms with E-state index in [-0.39, 0.29) is 85.0 Å². The van der Waals surface area contributed by atoms with E-state index in [1.165, 1.54) is 48.5 Å². The Morgan fingerprint density at radius 1 is 0.518 bits per heavy atom. The minimum absolute atomic E-state index is 0.0391. The predicted molar refractivity (Wildman–Crippen MR) is 323 cm³/mol. The Morgan fingerprint density at radius 2 is 0.894 bits per heavy atom. The molecule has 0 fully saturated rings. The number of phosphoric ester groups is 2. The highest BCUT2D eigenvalue weighted by molar-refractivity contribution is 7.47. The normalized spacial score (nSPS) is 12.6. The van der Waals surface area contributed by atoms with Crippen molar-refractivity contribution >= 4 is 67.7 Å². The average molecular weight is 1200 g/mol. The van der Waals surface area contributed by atoms with Crippen LogP contribution in [0, 0.1) is 43.7 Å². The number of aryl methyl sites for hydroxylation is 1. The number of anilines is 1. The maximum Gasteiger partial charge on any atom is 0.524 e. The van der Waals surface area contributed by atoms with Crippen molar-refractivity contribution in [2.45, 2.75) is 98.1 Å². The van der Waals surface area contributed by atoms with Crippen LogP contribution in [-0.2, 0) is 54.0 Å². The molecule has 19 nitrogen and oxygen atoms in total. The molecule has 2 amide bonds. The molecule has 6 rings (SSSR count). The van der Waals surface area contributed by atoms with Gasteiger partial charge in [0.1, 0.15) is 11.5 Å². The highest BCUT2D eigenvalue weighted by Gasteiger charge is 2.31. The van der Waals surface area contributed by atoms with E-state index in [4.69, 9.17) is 32.7 Å². The highest BCUT2D eigenvalue weighted by atomic mass is 31.2. The van der Waals surface area contributed by atoms with Crippen molar-refractivity contribution in [3.8, 4) is 11.5 Å². The van der Waals surface area contributed by atoms with Crippen LogP contribution in [-0.4, -0.2) is 73.7 Å². The van der Waals surface area contributed by atoms with Crippen LogP contribution in [0.2, 0.25) is 0 Å². The molecule has 6 aromatic rings. The van der Waals surface area contributed by atoms with Crippen molar-refractivity contribution in [2.75, 3.05) is 12.4 Å². The van der Waals surface area contributed by atoms with Crippen LogP contribution in [0.25, 0.3) is 9.69 Å². The van der Waals surface area contributed by atoms with E-state index in [2.05, 4.69) is 34.7 Å². The van der Waals surface area contributed by atoms with Crippen LogP contribution in [0.4, 0.5) is 17.1 Å². The third-order valence-corrected chi connectivity index (χ3v) is 14.3. The van der Waals surface area contributed by atoms with Gasteiger partial charge in [-0.2, -0.15) is 0 Å². The smallest absolute Gasteiger partial charge is 0.404 e. The summed E-state index contributed by atoms with van der Waals surface area (Å²) >= 11 is 0. The molecule has 0 saturated carbocycles. The zero-order valence-corrected chi connectivity index (χ0v) is 49.9. The molecule has 0 saturated heterocycles. The van der Waals surface area contributed by atoms with Gasteiger partial charge in [0.05, 0.1) is 25.2 Å². The van der Waals surface area contributed by atoms with Gasteiger partial charge in [0, 0.05) is 61.4 Å². The van der Waals surface area contributed by atoms with E-state index < -0.39 is 51.4 Å². The van der Waals surface area contributed by atoms with Gasteiger partial charge < -0.3 is 25.0 Å². The molecule has 446 valence electrons. The fourth-order valence-corrected chi connectivity index (χ4v) is 10.0. The molecular formula is C64H71N5O14P2. The molecule has 4 unspecified atom stereocenters. The van der Waals surface area contributed by atoms with Crippen molar-refractivity contribution in [2.24, 2.45) is 23.7 Å². The Balaban J connectivity index is 0.000000311. The summed E-state index contributed by atoms with van der Waals surface area (Å²) in [7, 11) is -7.67. The number of phosphoric acid groups is 2. The van der Waals surface area contributed by atoms with Crippen LogP contribution in [0.15, 0.2) is 146 Å². The SMILES string of the molecule is [C-]#[N+]c1ccc(C(=O)CC(Cc2ccc(OP(=O)(O)O)cc2)C(=O)NC(CC(C)C)C(=O)Cc2cccc(C)c2)cc1.[C-]#[N+]c1ccc(C(=O)CC(Cc2ccc(OP(=O)(O)O)cc2)C(=O)NC(CC(C)C)C(=O)Cc2cccc(NC)c2)cc1. The molecule has 0 radical (unpaired) electrons. The van der Waals surface area contributed by atoms with Gasteiger partial charge in [-0.05, 0) is 103 Å². The maximum absolute atomic E-state index is 13.7. The van der Waals surface area contributed by atoms with Crippen molar-refractivity contribution in [1.82, 2.24) is 10.6 Å². The first kappa shape index (κ1) is 67.4. The minimum Gasteiger partial charge on any atom is -0.404 e. The monoisotopic (exact) mass is 1200 g/mol. The molecule has 21 heteroatoms. The van der Waals surface area contributed by atoms with Crippen LogP contribution in [0.5, 0.6) is 11.5 Å². The lowest BCUT2D eigenvalue weighted by molar-refractivity contribution is -0.130. The van der Waals surface area contributed by atoms with Crippen molar-refractivity contribution in [3.63, 3.8) is 0 Å². The number of ketones is 4. The summed E-state index contributed by atoms with van der Waals surface area (Å²) in [4.78, 5) is 123. The van der Waals surface area contributed by atoms with E-state index >= 15 is 0 Å². The standard InChI is InChI=1S/C32H36N3O7P.C32H35N2O7P/c1-21(2)16-29(31(37)19-23-6-5-7-27(18-23)34-4)35-32(38)25(20-30(36)24-10-12-26(33-3)13-11-24)17-22-8-14-28(15-9-22)42-43(39,40)41;1-21(2)16-29(31(36)19-24-7-5-6-22(3)17-24)34-32(37)26(20-30(35)25-10-12-27(33-4)13-11-25)18-23-8-14-28(15-9-23)41-42(38,39)40/h5-15,18,21,25,29,34H,16-17,19-20H2,1-2,4H3,(H,35,38)(H2,39,40,41);5-15,17,21,26,29H,16,18-20H2,1-3H3,(H,34,37)(H2,38,39,40). The minimum atomic E-state index is -4.73. The van der Waals surface area contributed by atoms with E-state index in [1.54, 1.807) is 55.6 Å². The van der Waals surface area contributed by atoms with Gasteiger partial charge in [-0.1, -0.05) is 142 Å². The van der Waals surface area contributed by atoms with Gasteiger partial charge in [0.25, 0.3) is 0 Å². The Kier molecular flexibility index (Phi) is 25.4. The zero-order chi connectivity index (χ0) is 62.4. The van der Waals surface area contributed by atoms with E-state index in [9.17, 15) is 37.9 Å². The van der Waals surface area contributed by atoms with E-state index in [0.717, 1.165) is 22.4 Å². The van der Waals surface area contributed by atoms with Crippen LogP contribution in [0.1, 0.15) is 102 Å². The topological polar surface area (TPSA) is 281 Å². The molecule has 0 bridgehead atoms. The molecule has 0 aliphatic heterocycles. The number of Topliss-reactive ketones (excluding diaryl/α,β-unsaturated/α-hetero) is 4. The quantitative estimate of drug-likeness (QED) is 0.0131. The number of rotatable bonds is 29. The third kappa shape index (κ3) is 23.7. The summed E-state index contributed by atoms with van der Waals surface area (Å²) in [6.07, 6.45) is 1.10. The molecule has 85 heavy (non-hydrogen) atoms. The first-order valence-corrected chi connectivity index (χ1v) is 30.4. The molecule has 4 atom stereocenters. The summed E-state index contributed by atoms with van der Waals surface area (Å²) in [5.74, 6) is -3.29. The lowest BCUT2D eigenvalue weighted by Crippen LogP contribution is -2.45. The fourth-order valence-electron chi connectivity index (χ4n) is 9.23. The van der Waals surface area contributed by atoms with Crippen molar-refractivity contribution in [3.05, 3.63) is 207 Å². The van der Waals surface area contributed by atoms with Crippen molar-refractivity contribution < 1.29 is 66.5 Å². The molecule has 0 spiro atoms. The van der Waals surface area contributed by atoms with Gasteiger partial charge in [0.2, 0.25) is 11.8 Å². The predicted octanol–water partition coefficient (Wildman–Crippen LogP) is 11.3. The second kappa shape index (κ2) is 32.0. The molecule has 6 aromatic carbocycles. The number of nitrogens with zero attached hydrogens (tertiary/aromatic N) is 2. The average Bonchev–Trinajstić information content (AvgIpc) is 3.66. The Hall–Kier alpha value is -8.38. The Morgan fingerprint density at radius 3 is 1.24 bits per heavy atom. The van der Waals surface area contributed by atoms with E-state index in [1.807, 2.05) is 83.1 Å². The second-order valence-electron chi connectivity index (χ2n) is 21.4. The van der Waals surface area contributed by atoms with E-state index in [0.29, 0.717) is 46.5 Å². The maximum atomic E-state index is 13.7.